The number of anilines is 1. The zero-order chi connectivity index (χ0) is 14.2. The lowest BCUT2D eigenvalue weighted by molar-refractivity contribution is 0.499. The summed E-state index contributed by atoms with van der Waals surface area (Å²) in [5, 5.41) is 5.51. The van der Waals surface area contributed by atoms with Crippen molar-refractivity contribution in [1.82, 2.24) is 9.97 Å². The Morgan fingerprint density at radius 1 is 1.19 bits per heavy atom. The number of thiophene rings is 2. The third kappa shape index (κ3) is 2.33. The van der Waals surface area contributed by atoms with Crippen LogP contribution in [0.4, 0.5) is 5.82 Å². The van der Waals surface area contributed by atoms with Crippen LogP contribution in [0.3, 0.4) is 0 Å². The summed E-state index contributed by atoms with van der Waals surface area (Å²) >= 11 is 3.46. The van der Waals surface area contributed by atoms with Crippen LogP contribution >= 0.6 is 22.7 Å². The van der Waals surface area contributed by atoms with Crippen molar-refractivity contribution in [3.63, 3.8) is 0 Å². The maximum atomic E-state index is 6.02. The van der Waals surface area contributed by atoms with Gasteiger partial charge >= 0.3 is 0 Å². The van der Waals surface area contributed by atoms with Crippen LogP contribution in [-0.4, -0.2) is 29.1 Å². The Bertz CT molecular complexity index is 742. The average Bonchev–Trinajstić information content (AvgIpc) is 3.16. The van der Waals surface area contributed by atoms with E-state index in [1.54, 1.807) is 29.0 Å². The SMILES string of the molecule is NC1CCN(c2ncnc3scc(-c4cccs4)c23)CC1. The molecule has 0 spiro atoms. The Hall–Kier alpha value is -1.50. The third-order valence-corrected chi connectivity index (χ3v) is 5.77. The number of aromatic nitrogens is 2. The predicted octanol–water partition coefficient (Wildman–Crippen LogP) is 3.35. The summed E-state index contributed by atoms with van der Waals surface area (Å²) in [4.78, 5) is 13.7. The number of piperidine rings is 1. The van der Waals surface area contributed by atoms with Crippen molar-refractivity contribution in [2.24, 2.45) is 5.73 Å². The summed E-state index contributed by atoms with van der Waals surface area (Å²) in [7, 11) is 0. The van der Waals surface area contributed by atoms with Crippen molar-refractivity contribution in [1.29, 1.82) is 0 Å². The first-order chi connectivity index (χ1) is 10.3. The zero-order valence-electron chi connectivity index (χ0n) is 11.5. The molecule has 4 rings (SSSR count). The molecule has 108 valence electrons. The van der Waals surface area contributed by atoms with Crippen LogP contribution in [0.5, 0.6) is 0 Å². The molecule has 3 aromatic rings. The topological polar surface area (TPSA) is 55.0 Å². The van der Waals surface area contributed by atoms with E-state index < -0.39 is 0 Å². The van der Waals surface area contributed by atoms with E-state index in [9.17, 15) is 0 Å². The second kappa shape index (κ2) is 5.36. The Morgan fingerprint density at radius 2 is 2.05 bits per heavy atom. The van der Waals surface area contributed by atoms with Gasteiger partial charge < -0.3 is 10.6 Å². The molecule has 0 bridgehead atoms. The largest absolute Gasteiger partial charge is 0.356 e. The van der Waals surface area contributed by atoms with Crippen LogP contribution in [0.15, 0.2) is 29.2 Å². The van der Waals surface area contributed by atoms with Crippen LogP contribution in [0.25, 0.3) is 20.7 Å². The van der Waals surface area contributed by atoms with Gasteiger partial charge in [0.25, 0.3) is 0 Å². The van der Waals surface area contributed by atoms with E-state index in [-0.39, 0.29) is 0 Å². The molecule has 4 heterocycles. The molecule has 0 atom stereocenters. The maximum Gasteiger partial charge on any atom is 0.141 e. The summed E-state index contributed by atoms with van der Waals surface area (Å²) in [6, 6.07) is 4.58. The van der Waals surface area contributed by atoms with E-state index in [0.29, 0.717) is 6.04 Å². The lowest BCUT2D eigenvalue weighted by Gasteiger charge is -2.31. The van der Waals surface area contributed by atoms with Crippen molar-refractivity contribution in [3.05, 3.63) is 29.2 Å². The molecular formula is C15H16N4S2. The minimum Gasteiger partial charge on any atom is -0.356 e. The molecular weight excluding hydrogens is 300 g/mol. The number of rotatable bonds is 2. The summed E-state index contributed by atoms with van der Waals surface area (Å²) in [5.41, 5.74) is 7.28. The van der Waals surface area contributed by atoms with E-state index in [1.165, 1.54) is 15.8 Å². The molecule has 1 aliphatic heterocycles. The van der Waals surface area contributed by atoms with Crippen LogP contribution in [0, 0.1) is 0 Å². The number of fused-ring (bicyclic) bond motifs is 1. The highest BCUT2D eigenvalue weighted by atomic mass is 32.1. The van der Waals surface area contributed by atoms with Crippen molar-refractivity contribution in [2.75, 3.05) is 18.0 Å². The Labute approximate surface area is 131 Å². The molecule has 0 unspecified atom stereocenters. The molecule has 6 heteroatoms. The molecule has 0 amide bonds. The van der Waals surface area contributed by atoms with Gasteiger partial charge in [-0.3, -0.25) is 0 Å². The average molecular weight is 316 g/mol. The molecule has 0 aliphatic carbocycles. The van der Waals surface area contributed by atoms with E-state index in [2.05, 4.69) is 37.8 Å². The highest BCUT2D eigenvalue weighted by molar-refractivity contribution is 7.18. The van der Waals surface area contributed by atoms with Crippen LogP contribution in [-0.2, 0) is 0 Å². The maximum absolute atomic E-state index is 6.02. The number of nitrogens with zero attached hydrogens (tertiary/aromatic N) is 3. The van der Waals surface area contributed by atoms with Crippen LogP contribution in [0.1, 0.15) is 12.8 Å². The van der Waals surface area contributed by atoms with Crippen molar-refractivity contribution in [3.8, 4) is 10.4 Å². The molecule has 21 heavy (non-hydrogen) atoms. The fourth-order valence-corrected chi connectivity index (χ4v) is 4.55. The predicted molar refractivity (Wildman–Crippen MR) is 90.2 cm³/mol. The van der Waals surface area contributed by atoms with Gasteiger partial charge in [-0.15, -0.1) is 22.7 Å². The van der Waals surface area contributed by atoms with Gasteiger partial charge in [-0.2, -0.15) is 0 Å². The highest BCUT2D eigenvalue weighted by Crippen LogP contribution is 2.39. The minimum absolute atomic E-state index is 0.331. The lowest BCUT2D eigenvalue weighted by Crippen LogP contribution is -2.40. The summed E-state index contributed by atoms with van der Waals surface area (Å²) in [5.74, 6) is 1.07. The second-order valence-corrected chi connectivity index (χ2v) is 7.13. The van der Waals surface area contributed by atoms with E-state index in [4.69, 9.17) is 5.73 Å². The molecule has 2 N–H and O–H groups in total. The number of hydrogen-bond acceptors (Lipinski definition) is 6. The third-order valence-electron chi connectivity index (χ3n) is 3.98. The van der Waals surface area contributed by atoms with Gasteiger partial charge in [-0.05, 0) is 24.3 Å². The molecule has 1 saturated heterocycles. The molecule has 0 radical (unpaired) electrons. The monoisotopic (exact) mass is 316 g/mol. The van der Waals surface area contributed by atoms with E-state index in [0.717, 1.165) is 36.6 Å². The van der Waals surface area contributed by atoms with Gasteiger partial charge in [-0.25, -0.2) is 9.97 Å². The minimum atomic E-state index is 0.331. The number of hydrogen-bond donors (Lipinski definition) is 1. The summed E-state index contributed by atoms with van der Waals surface area (Å²) < 4.78 is 0. The van der Waals surface area contributed by atoms with Gasteiger partial charge in [0, 0.05) is 35.0 Å². The fourth-order valence-electron chi connectivity index (χ4n) is 2.82. The Morgan fingerprint density at radius 3 is 2.81 bits per heavy atom. The standard InChI is InChI=1S/C15H16N4S2/c16-10-3-5-19(6-4-10)14-13-11(12-2-1-7-20-12)8-21-15(13)18-9-17-14/h1-2,7-10H,3-6,16H2. The van der Waals surface area contributed by atoms with E-state index >= 15 is 0 Å². The lowest BCUT2D eigenvalue weighted by atomic mass is 10.1. The fraction of sp³-hybridized carbons (Fsp3) is 0.333. The first-order valence-electron chi connectivity index (χ1n) is 7.09. The van der Waals surface area contributed by atoms with Crippen LogP contribution < -0.4 is 10.6 Å². The highest BCUT2D eigenvalue weighted by Gasteiger charge is 2.22. The quantitative estimate of drug-likeness (QED) is 0.788. The Balaban J connectivity index is 1.83. The molecule has 1 fully saturated rings. The van der Waals surface area contributed by atoms with Gasteiger partial charge in [0.2, 0.25) is 0 Å². The second-order valence-electron chi connectivity index (χ2n) is 5.33. The van der Waals surface area contributed by atoms with Crippen molar-refractivity contribution < 1.29 is 0 Å². The van der Waals surface area contributed by atoms with Gasteiger partial charge in [0.05, 0.1) is 5.39 Å². The van der Waals surface area contributed by atoms with Gasteiger partial charge in [0.15, 0.2) is 0 Å². The summed E-state index contributed by atoms with van der Waals surface area (Å²) in [6.07, 6.45) is 3.74. The van der Waals surface area contributed by atoms with Gasteiger partial charge in [-0.1, -0.05) is 6.07 Å². The zero-order valence-corrected chi connectivity index (χ0v) is 13.2. The smallest absolute Gasteiger partial charge is 0.141 e. The van der Waals surface area contributed by atoms with Crippen molar-refractivity contribution in [2.45, 2.75) is 18.9 Å². The normalized spacial score (nSPS) is 16.7. The molecule has 0 aromatic carbocycles. The van der Waals surface area contributed by atoms with Crippen LogP contribution in [0.2, 0.25) is 0 Å². The van der Waals surface area contributed by atoms with Crippen molar-refractivity contribution >= 4 is 38.7 Å². The summed E-state index contributed by atoms with van der Waals surface area (Å²) in [6.45, 7) is 1.96. The van der Waals surface area contributed by atoms with E-state index in [1.807, 2.05) is 0 Å². The molecule has 4 nitrogen and oxygen atoms in total. The number of nitrogens with two attached hydrogens (primary N) is 1. The first-order valence-corrected chi connectivity index (χ1v) is 8.85. The molecule has 3 aromatic heterocycles. The first kappa shape index (κ1) is 13.2. The molecule has 1 aliphatic rings. The molecule has 0 saturated carbocycles. The Kier molecular flexibility index (Phi) is 3.37. The van der Waals surface area contributed by atoms with Gasteiger partial charge in [0.1, 0.15) is 17.0 Å².